The number of hydrogen-bond donors (Lipinski definition) is 2. The zero-order valence-electron chi connectivity index (χ0n) is 14.1. The third kappa shape index (κ3) is 4.57. The van der Waals surface area contributed by atoms with E-state index in [1.165, 1.54) is 19.3 Å². The molecule has 1 aromatic carbocycles. The van der Waals surface area contributed by atoms with E-state index >= 15 is 0 Å². The minimum Gasteiger partial charge on any atom is -0.493 e. The molecule has 0 spiro atoms. The zero-order valence-corrected chi connectivity index (χ0v) is 14.1. The molecule has 0 saturated carbocycles. The average molecular weight is 363 g/mol. The number of nitrogens with one attached hydrogen (secondary N) is 2. The van der Waals surface area contributed by atoms with Crippen molar-refractivity contribution >= 4 is 17.8 Å². The van der Waals surface area contributed by atoms with Crippen LogP contribution in [0.25, 0.3) is 12.2 Å². The van der Waals surface area contributed by atoms with Gasteiger partial charge in [0.2, 0.25) is 0 Å². The van der Waals surface area contributed by atoms with Gasteiger partial charge in [-0.1, -0.05) is 12.1 Å². The van der Waals surface area contributed by atoms with E-state index in [4.69, 9.17) is 14.2 Å². The molecular weight excluding hydrogens is 346 g/mol. The number of methoxy groups -OCH3 is 2. The fraction of sp³-hybridized carbons (Fsp3) is 0.250. The third-order valence-electron chi connectivity index (χ3n) is 3.30. The Morgan fingerprint density at radius 1 is 1.12 bits per heavy atom. The van der Waals surface area contributed by atoms with Crippen LogP contribution in [0.5, 0.6) is 11.5 Å². The lowest BCUT2D eigenvalue weighted by Crippen LogP contribution is -2.25. The van der Waals surface area contributed by atoms with Gasteiger partial charge in [0, 0.05) is 7.11 Å². The molecule has 26 heavy (non-hydrogen) atoms. The molecular formula is C16H17N3O7. The van der Waals surface area contributed by atoms with Crippen molar-refractivity contribution in [2.45, 2.75) is 0 Å². The Bertz CT molecular complexity index is 930. The predicted octanol–water partition coefficient (Wildman–Crippen LogP) is 1.18. The summed E-state index contributed by atoms with van der Waals surface area (Å²) in [6, 6.07) is 5.01. The van der Waals surface area contributed by atoms with Gasteiger partial charge in [-0.2, -0.15) is 0 Å². The van der Waals surface area contributed by atoms with Crippen LogP contribution in [0.4, 0.5) is 5.69 Å². The van der Waals surface area contributed by atoms with Crippen molar-refractivity contribution in [2.24, 2.45) is 0 Å². The van der Waals surface area contributed by atoms with Gasteiger partial charge in [-0.05, 0) is 23.8 Å². The van der Waals surface area contributed by atoms with Gasteiger partial charge in [-0.15, -0.1) is 0 Å². The summed E-state index contributed by atoms with van der Waals surface area (Å²) in [6.07, 6.45) is 2.77. The van der Waals surface area contributed by atoms with Crippen LogP contribution < -0.4 is 20.7 Å². The number of aromatic amines is 2. The Morgan fingerprint density at radius 2 is 1.88 bits per heavy atom. The van der Waals surface area contributed by atoms with Crippen molar-refractivity contribution in [3.8, 4) is 11.5 Å². The maximum absolute atomic E-state index is 11.6. The summed E-state index contributed by atoms with van der Waals surface area (Å²) in [6.45, 7) is 0.705. The molecule has 2 rings (SSSR count). The number of rotatable bonds is 8. The molecule has 10 heteroatoms. The Balaban J connectivity index is 2.36. The van der Waals surface area contributed by atoms with Crippen LogP contribution in [0.1, 0.15) is 11.3 Å². The van der Waals surface area contributed by atoms with Gasteiger partial charge < -0.3 is 19.2 Å². The smallest absolute Gasteiger partial charge is 0.357 e. The first kappa shape index (κ1) is 18.9. The van der Waals surface area contributed by atoms with E-state index in [2.05, 4.69) is 4.98 Å². The number of hydrogen-bond acceptors (Lipinski definition) is 7. The van der Waals surface area contributed by atoms with E-state index in [1.54, 1.807) is 25.3 Å². The van der Waals surface area contributed by atoms with Crippen molar-refractivity contribution in [2.75, 3.05) is 27.4 Å². The van der Waals surface area contributed by atoms with E-state index < -0.39 is 21.9 Å². The fourth-order valence-corrected chi connectivity index (χ4v) is 2.12. The molecule has 1 heterocycles. The molecule has 0 aliphatic carbocycles. The quantitative estimate of drug-likeness (QED) is 0.408. The van der Waals surface area contributed by atoms with E-state index in [1.807, 2.05) is 4.98 Å². The van der Waals surface area contributed by atoms with Gasteiger partial charge in [0.05, 0.1) is 18.6 Å². The van der Waals surface area contributed by atoms with Crippen molar-refractivity contribution in [3.05, 3.63) is 60.4 Å². The molecule has 0 fully saturated rings. The van der Waals surface area contributed by atoms with Crippen molar-refractivity contribution < 1.29 is 19.1 Å². The topological polar surface area (TPSA) is 137 Å². The number of benzene rings is 1. The molecule has 0 amide bonds. The highest BCUT2D eigenvalue weighted by atomic mass is 16.6. The SMILES string of the molecule is COCCOc1cc(C=Cc2[nH]c(=O)[nH]c(=O)c2[N+](=O)[O-])ccc1OC. The summed E-state index contributed by atoms with van der Waals surface area (Å²) in [5, 5.41) is 11.0. The molecule has 0 aliphatic rings. The van der Waals surface area contributed by atoms with Crippen LogP contribution in [0.15, 0.2) is 27.8 Å². The summed E-state index contributed by atoms with van der Waals surface area (Å²) < 4.78 is 15.7. The van der Waals surface area contributed by atoms with Crippen LogP contribution in [0, 0.1) is 10.1 Å². The van der Waals surface area contributed by atoms with Crippen LogP contribution in [0.3, 0.4) is 0 Å². The Labute approximate surface area is 147 Å². The first-order valence-corrected chi connectivity index (χ1v) is 7.45. The Morgan fingerprint density at radius 3 is 2.54 bits per heavy atom. The van der Waals surface area contributed by atoms with E-state index in [0.29, 0.717) is 30.3 Å². The summed E-state index contributed by atoms with van der Waals surface area (Å²) in [7, 11) is 3.05. The number of ether oxygens (including phenoxy) is 3. The minimum atomic E-state index is -1.07. The fourth-order valence-electron chi connectivity index (χ4n) is 2.12. The third-order valence-corrected chi connectivity index (χ3v) is 3.30. The highest BCUT2D eigenvalue weighted by molar-refractivity contribution is 5.72. The number of nitrogens with zero attached hydrogens (tertiary/aromatic N) is 1. The van der Waals surface area contributed by atoms with Crippen molar-refractivity contribution in [1.82, 2.24) is 9.97 Å². The molecule has 2 aromatic rings. The van der Waals surface area contributed by atoms with Crippen LogP contribution in [0.2, 0.25) is 0 Å². The van der Waals surface area contributed by atoms with Gasteiger partial charge in [0.15, 0.2) is 11.5 Å². The standard InChI is InChI=1S/C16H17N3O7/c1-24-7-8-26-13-9-10(4-6-12(13)25-2)3-5-11-14(19(22)23)15(20)18-16(21)17-11/h3-6,9H,7-8H2,1-2H3,(H2,17,18,20,21). The van der Waals surface area contributed by atoms with E-state index in [-0.39, 0.29) is 5.69 Å². The number of H-pyrrole nitrogens is 2. The molecule has 0 saturated heterocycles. The Kier molecular flexibility index (Phi) is 6.28. The molecule has 2 N–H and O–H groups in total. The van der Waals surface area contributed by atoms with Crippen molar-refractivity contribution in [3.63, 3.8) is 0 Å². The number of aromatic nitrogens is 2. The second kappa shape index (κ2) is 8.62. The minimum absolute atomic E-state index is 0.207. The molecule has 1 aromatic heterocycles. The molecule has 10 nitrogen and oxygen atoms in total. The molecule has 0 unspecified atom stereocenters. The van der Waals surface area contributed by atoms with Gasteiger partial charge in [0.1, 0.15) is 12.3 Å². The lowest BCUT2D eigenvalue weighted by atomic mass is 10.1. The first-order valence-electron chi connectivity index (χ1n) is 7.45. The zero-order chi connectivity index (χ0) is 19.1. The molecule has 0 aliphatic heterocycles. The highest BCUT2D eigenvalue weighted by Crippen LogP contribution is 2.29. The Hall–Kier alpha value is -3.40. The van der Waals surface area contributed by atoms with Crippen LogP contribution in [-0.4, -0.2) is 42.3 Å². The lowest BCUT2D eigenvalue weighted by molar-refractivity contribution is -0.386. The highest BCUT2D eigenvalue weighted by Gasteiger charge is 2.18. The maximum atomic E-state index is 11.6. The number of nitro groups is 1. The molecule has 0 atom stereocenters. The first-order chi connectivity index (χ1) is 12.5. The van der Waals surface area contributed by atoms with Crippen LogP contribution >= 0.6 is 0 Å². The van der Waals surface area contributed by atoms with E-state index in [9.17, 15) is 19.7 Å². The van der Waals surface area contributed by atoms with Crippen molar-refractivity contribution in [1.29, 1.82) is 0 Å². The summed E-state index contributed by atoms with van der Waals surface area (Å²) in [5.41, 5.74) is -2.24. The summed E-state index contributed by atoms with van der Waals surface area (Å²) in [5.74, 6) is 0.967. The van der Waals surface area contributed by atoms with Crippen LogP contribution in [-0.2, 0) is 4.74 Å². The van der Waals surface area contributed by atoms with Gasteiger partial charge in [-0.3, -0.25) is 19.9 Å². The normalized spacial score (nSPS) is 10.8. The van der Waals surface area contributed by atoms with Gasteiger partial charge in [-0.25, -0.2) is 4.79 Å². The monoisotopic (exact) mass is 363 g/mol. The second-order valence-electron chi connectivity index (χ2n) is 5.01. The van der Waals surface area contributed by atoms with Gasteiger partial charge >= 0.3 is 16.9 Å². The maximum Gasteiger partial charge on any atom is 0.357 e. The van der Waals surface area contributed by atoms with Gasteiger partial charge in [0.25, 0.3) is 0 Å². The summed E-state index contributed by atoms with van der Waals surface area (Å²) in [4.78, 5) is 37.2. The van der Waals surface area contributed by atoms with E-state index in [0.717, 1.165) is 0 Å². The summed E-state index contributed by atoms with van der Waals surface area (Å²) >= 11 is 0. The molecule has 0 radical (unpaired) electrons. The second-order valence-corrected chi connectivity index (χ2v) is 5.01. The largest absolute Gasteiger partial charge is 0.493 e. The predicted molar refractivity (Wildman–Crippen MR) is 93.6 cm³/mol. The molecule has 138 valence electrons. The average Bonchev–Trinajstić information content (AvgIpc) is 2.59. The lowest BCUT2D eigenvalue weighted by Gasteiger charge is -2.11. The molecule has 0 bridgehead atoms.